The molecule has 24 heavy (non-hydrogen) atoms. The van der Waals surface area contributed by atoms with Crippen LogP contribution in [0.4, 0.5) is 0 Å². The Bertz CT molecular complexity index is 829. The monoisotopic (exact) mass is 416 g/mol. The molecule has 0 unspecified atom stereocenters. The molecule has 2 nitrogen and oxygen atoms in total. The summed E-state index contributed by atoms with van der Waals surface area (Å²) < 4.78 is 1.08. The molecule has 0 radical (unpaired) electrons. The van der Waals surface area contributed by atoms with E-state index in [1.165, 1.54) is 9.79 Å². The van der Waals surface area contributed by atoms with Crippen LogP contribution in [0.2, 0.25) is 0 Å². The van der Waals surface area contributed by atoms with Crippen LogP contribution in [0.5, 0.6) is 0 Å². The number of rotatable bonds is 5. The highest BCUT2D eigenvalue weighted by Gasteiger charge is 2.04. The first-order valence-electron chi connectivity index (χ1n) is 7.15. The second kappa shape index (κ2) is 7.92. The molecule has 0 bridgehead atoms. The van der Waals surface area contributed by atoms with Crippen LogP contribution in [0.25, 0.3) is 0 Å². The van der Waals surface area contributed by atoms with Gasteiger partial charge in [0.2, 0.25) is 0 Å². The minimum Gasteiger partial charge on any atom is -0.478 e. The Morgan fingerprint density at radius 1 is 0.667 bits per heavy atom. The highest BCUT2D eigenvalue weighted by Crippen LogP contribution is 2.32. The largest absolute Gasteiger partial charge is 0.478 e. The van der Waals surface area contributed by atoms with E-state index in [1.807, 2.05) is 24.3 Å². The molecule has 3 aromatic carbocycles. The first-order valence-corrected chi connectivity index (χ1v) is 9.57. The van der Waals surface area contributed by atoms with Crippen LogP contribution in [0.3, 0.4) is 0 Å². The Morgan fingerprint density at radius 3 is 1.38 bits per heavy atom. The van der Waals surface area contributed by atoms with Gasteiger partial charge in [0.1, 0.15) is 0 Å². The van der Waals surface area contributed by atoms with Gasteiger partial charge in [0.15, 0.2) is 0 Å². The molecule has 0 amide bonds. The number of carboxylic acid groups (broad SMARTS) is 1. The third-order valence-electron chi connectivity index (χ3n) is 3.21. The van der Waals surface area contributed by atoms with Crippen LogP contribution >= 0.6 is 39.5 Å². The van der Waals surface area contributed by atoms with Gasteiger partial charge in [-0.3, -0.25) is 0 Å². The highest BCUT2D eigenvalue weighted by molar-refractivity contribution is 9.10. The van der Waals surface area contributed by atoms with Gasteiger partial charge in [0, 0.05) is 24.1 Å². The lowest BCUT2D eigenvalue weighted by atomic mass is 10.2. The number of halogens is 1. The van der Waals surface area contributed by atoms with Crippen molar-refractivity contribution in [2.75, 3.05) is 0 Å². The number of hydrogen-bond donors (Lipinski definition) is 1. The minimum atomic E-state index is -0.902. The standard InChI is InChI=1S/C19H13BrO2S2/c20-14-3-7-16(8-4-14)24-18-11-9-17(10-12-18)23-15-5-1-13(2-6-15)19(21)22/h1-12H,(H,21,22). The summed E-state index contributed by atoms with van der Waals surface area (Å²) in [6.07, 6.45) is 0. The van der Waals surface area contributed by atoms with E-state index in [9.17, 15) is 4.79 Å². The lowest BCUT2D eigenvalue weighted by Crippen LogP contribution is -1.94. The fourth-order valence-electron chi connectivity index (χ4n) is 2.02. The van der Waals surface area contributed by atoms with Gasteiger partial charge < -0.3 is 5.11 Å². The number of carboxylic acids is 1. The van der Waals surface area contributed by atoms with Gasteiger partial charge in [-0.1, -0.05) is 39.5 Å². The maximum absolute atomic E-state index is 10.9. The topological polar surface area (TPSA) is 37.3 Å². The Labute approximate surface area is 157 Å². The zero-order valence-corrected chi connectivity index (χ0v) is 15.7. The van der Waals surface area contributed by atoms with Crippen molar-refractivity contribution in [3.8, 4) is 0 Å². The van der Waals surface area contributed by atoms with Gasteiger partial charge in [0.25, 0.3) is 0 Å². The molecule has 3 rings (SSSR count). The Kier molecular flexibility index (Phi) is 5.66. The van der Waals surface area contributed by atoms with E-state index in [1.54, 1.807) is 35.7 Å². The van der Waals surface area contributed by atoms with Crippen molar-refractivity contribution in [1.29, 1.82) is 0 Å². The lowest BCUT2D eigenvalue weighted by Gasteiger charge is -2.05. The van der Waals surface area contributed by atoms with Crippen LogP contribution in [0.1, 0.15) is 10.4 Å². The maximum Gasteiger partial charge on any atom is 0.335 e. The molecule has 0 heterocycles. The predicted octanol–water partition coefficient (Wildman–Crippen LogP) is 6.45. The molecule has 0 aliphatic rings. The van der Waals surface area contributed by atoms with Crippen LogP contribution < -0.4 is 0 Å². The molecule has 0 fully saturated rings. The van der Waals surface area contributed by atoms with Crippen molar-refractivity contribution in [2.45, 2.75) is 19.6 Å². The van der Waals surface area contributed by atoms with Crippen molar-refractivity contribution in [3.05, 3.63) is 82.8 Å². The summed E-state index contributed by atoms with van der Waals surface area (Å²) in [7, 11) is 0. The van der Waals surface area contributed by atoms with E-state index in [-0.39, 0.29) is 0 Å². The van der Waals surface area contributed by atoms with Gasteiger partial charge in [-0.05, 0) is 72.8 Å². The van der Waals surface area contributed by atoms with Gasteiger partial charge in [0.05, 0.1) is 5.56 Å². The van der Waals surface area contributed by atoms with Crippen LogP contribution in [0, 0.1) is 0 Å². The smallest absolute Gasteiger partial charge is 0.335 e. The molecule has 5 heteroatoms. The number of hydrogen-bond acceptors (Lipinski definition) is 3. The lowest BCUT2D eigenvalue weighted by molar-refractivity contribution is 0.0697. The van der Waals surface area contributed by atoms with Crippen molar-refractivity contribution in [3.63, 3.8) is 0 Å². The van der Waals surface area contributed by atoms with Crippen LogP contribution in [-0.4, -0.2) is 11.1 Å². The molecule has 0 atom stereocenters. The molecule has 0 saturated heterocycles. The van der Waals surface area contributed by atoms with Gasteiger partial charge in [-0.15, -0.1) is 0 Å². The molecule has 120 valence electrons. The van der Waals surface area contributed by atoms with E-state index in [2.05, 4.69) is 52.3 Å². The van der Waals surface area contributed by atoms with E-state index in [0.717, 1.165) is 14.3 Å². The van der Waals surface area contributed by atoms with E-state index in [4.69, 9.17) is 5.11 Å². The minimum absolute atomic E-state index is 0.306. The van der Waals surface area contributed by atoms with Crippen molar-refractivity contribution >= 4 is 45.4 Å². The predicted molar refractivity (Wildman–Crippen MR) is 102 cm³/mol. The molecular formula is C19H13BrO2S2. The fraction of sp³-hybridized carbons (Fsp3) is 0. The normalized spacial score (nSPS) is 10.5. The second-order valence-corrected chi connectivity index (χ2v) is 8.17. The number of benzene rings is 3. The first-order chi connectivity index (χ1) is 11.6. The summed E-state index contributed by atoms with van der Waals surface area (Å²) >= 11 is 6.78. The maximum atomic E-state index is 10.9. The van der Waals surface area contributed by atoms with Crippen molar-refractivity contribution < 1.29 is 9.90 Å². The summed E-state index contributed by atoms with van der Waals surface area (Å²) in [6.45, 7) is 0. The average molecular weight is 417 g/mol. The highest BCUT2D eigenvalue weighted by atomic mass is 79.9. The molecule has 0 saturated carbocycles. The van der Waals surface area contributed by atoms with Gasteiger partial charge >= 0.3 is 5.97 Å². The first kappa shape index (κ1) is 17.1. The Hall–Kier alpha value is -1.69. The summed E-state index contributed by atoms with van der Waals surface area (Å²) in [4.78, 5) is 15.4. The third-order valence-corrected chi connectivity index (χ3v) is 5.77. The fourth-order valence-corrected chi connectivity index (χ4v) is 3.91. The van der Waals surface area contributed by atoms with Gasteiger partial charge in [-0.2, -0.15) is 0 Å². The summed E-state index contributed by atoms with van der Waals surface area (Å²) in [5.74, 6) is -0.902. The summed E-state index contributed by atoms with van der Waals surface area (Å²) in [6, 6.07) is 23.5. The zero-order chi connectivity index (χ0) is 16.9. The van der Waals surface area contributed by atoms with Crippen LogP contribution in [-0.2, 0) is 0 Å². The molecule has 0 aliphatic carbocycles. The molecule has 0 aliphatic heterocycles. The number of aromatic carboxylic acids is 1. The van der Waals surface area contributed by atoms with E-state index < -0.39 is 5.97 Å². The molecule has 3 aromatic rings. The molecule has 0 aromatic heterocycles. The third kappa shape index (κ3) is 4.66. The number of carbonyl (C=O) groups is 1. The molecule has 1 N–H and O–H groups in total. The van der Waals surface area contributed by atoms with E-state index >= 15 is 0 Å². The average Bonchev–Trinajstić information content (AvgIpc) is 2.59. The second-order valence-electron chi connectivity index (χ2n) is 4.96. The quantitative estimate of drug-likeness (QED) is 0.518. The summed E-state index contributed by atoms with van der Waals surface area (Å²) in [5, 5.41) is 8.92. The molecular weight excluding hydrogens is 404 g/mol. The SMILES string of the molecule is O=C(O)c1ccc(Sc2ccc(Sc3ccc(Br)cc3)cc2)cc1. The Balaban J connectivity index is 1.65. The Morgan fingerprint density at radius 2 is 1.00 bits per heavy atom. The molecule has 0 spiro atoms. The van der Waals surface area contributed by atoms with Crippen molar-refractivity contribution in [2.24, 2.45) is 0 Å². The van der Waals surface area contributed by atoms with E-state index in [0.29, 0.717) is 5.56 Å². The van der Waals surface area contributed by atoms with Crippen LogP contribution in [0.15, 0.2) is 96.9 Å². The van der Waals surface area contributed by atoms with Gasteiger partial charge in [-0.25, -0.2) is 4.79 Å². The van der Waals surface area contributed by atoms with Crippen molar-refractivity contribution in [1.82, 2.24) is 0 Å². The zero-order valence-electron chi connectivity index (χ0n) is 12.5. The summed E-state index contributed by atoms with van der Waals surface area (Å²) in [5.41, 5.74) is 0.306.